The first-order valence-corrected chi connectivity index (χ1v) is 8.72. The quantitative estimate of drug-likeness (QED) is 0.634. The van der Waals surface area contributed by atoms with Gasteiger partial charge in [-0.15, -0.1) is 0 Å². The molecule has 0 radical (unpaired) electrons. The molecule has 2 aromatic heterocycles. The van der Waals surface area contributed by atoms with E-state index in [9.17, 15) is 14.4 Å². The Labute approximate surface area is 158 Å². The Morgan fingerprint density at radius 2 is 1.79 bits per heavy atom. The molecule has 1 fully saturated rings. The number of carbonyl (C=O) groups excluding carboxylic acids is 3. The first kappa shape index (κ1) is 16.4. The Balaban J connectivity index is 1.21. The van der Waals surface area contributed by atoms with Gasteiger partial charge in [0.25, 0.3) is 11.8 Å². The molecule has 1 aromatic carbocycles. The van der Waals surface area contributed by atoms with Crippen molar-refractivity contribution < 1.29 is 23.3 Å². The monoisotopic (exact) mass is 378 g/mol. The van der Waals surface area contributed by atoms with Crippen molar-refractivity contribution in [3.8, 4) is 11.6 Å². The number of hydrogen-bond donors (Lipinski definition) is 0. The van der Waals surface area contributed by atoms with Gasteiger partial charge >= 0.3 is 0 Å². The summed E-state index contributed by atoms with van der Waals surface area (Å²) in [6.45, 7) is 0.504. The number of rotatable bonds is 4. The highest BCUT2D eigenvalue weighted by Crippen LogP contribution is 2.29. The number of fused-ring (bicyclic) bond motifs is 1. The van der Waals surface area contributed by atoms with Crippen molar-refractivity contribution in [1.29, 1.82) is 0 Å². The van der Waals surface area contributed by atoms with Crippen molar-refractivity contribution in [2.24, 2.45) is 0 Å². The zero-order valence-corrected chi connectivity index (χ0v) is 14.6. The molecule has 0 N–H and O–H groups in total. The second-order valence-corrected chi connectivity index (χ2v) is 6.67. The fraction of sp³-hybridized carbons (Fsp3) is 0.211. The first-order valence-electron chi connectivity index (χ1n) is 8.72. The van der Waals surface area contributed by atoms with Crippen LogP contribution in [-0.4, -0.2) is 57.3 Å². The Morgan fingerprint density at radius 1 is 1.07 bits per heavy atom. The standard InChI is InChI=1S/C19H14N4O5/c24-15(10-23-18(25)12-4-1-2-5-13(12)19(23)26)22-8-11(9-22)17-20-16(21-28-17)14-6-3-7-27-14/h1-7,11H,8-10H2. The summed E-state index contributed by atoms with van der Waals surface area (Å²) >= 11 is 0. The van der Waals surface area contributed by atoms with E-state index < -0.39 is 11.8 Å². The molecule has 2 aliphatic heterocycles. The predicted molar refractivity (Wildman–Crippen MR) is 93.1 cm³/mol. The largest absolute Gasteiger partial charge is 0.461 e. The maximum absolute atomic E-state index is 12.5. The van der Waals surface area contributed by atoms with Crippen LogP contribution in [0.25, 0.3) is 11.6 Å². The van der Waals surface area contributed by atoms with Crippen molar-refractivity contribution in [2.75, 3.05) is 19.6 Å². The SMILES string of the molecule is O=C(CN1C(=O)c2ccccc2C1=O)N1CC(c2nc(-c3ccco3)no2)C1. The van der Waals surface area contributed by atoms with Crippen molar-refractivity contribution in [2.45, 2.75) is 5.92 Å². The molecule has 9 nitrogen and oxygen atoms in total. The molecule has 0 aliphatic carbocycles. The van der Waals surface area contributed by atoms with E-state index in [1.807, 2.05) is 0 Å². The molecule has 3 aromatic rings. The van der Waals surface area contributed by atoms with E-state index in [1.165, 1.54) is 6.26 Å². The summed E-state index contributed by atoms with van der Waals surface area (Å²) in [6, 6.07) is 10.0. The third-order valence-corrected chi connectivity index (χ3v) is 4.94. The van der Waals surface area contributed by atoms with Crippen LogP contribution in [0.3, 0.4) is 0 Å². The van der Waals surface area contributed by atoms with Gasteiger partial charge in [0.15, 0.2) is 5.76 Å². The van der Waals surface area contributed by atoms with Crippen LogP contribution in [0.15, 0.2) is 51.6 Å². The molecule has 3 amide bonds. The summed E-state index contributed by atoms with van der Waals surface area (Å²) in [6.07, 6.45) is 1.52. The lowest BCUT2D eigenvalue weighted by atomic mass is 10.00. The molecule has 0 saturated carbocycles. The molecule has 9 heteroatoms. The van der Waals surface area contributed by atoms with Crippen molar-refractivity contribution in [3.05, 3.63) is 59.7 Å². The third kappa shape index (κ3) is 2.51. The predicted octanol–water partition coefficient (Wildman–Crippen LogP) is 1.55. The van der Waals surface area contributed by atoms with Gasteiger partial charge in [-0.2, -0.15) is 4.98 Å². The van der Waals surface area contributed by atoms with E-state index in [-0.39, 0.29) is 18.4 Å². The Bertz CT molecular complexity index is 1050. The number of imide groups is 1. The molecule has 0 atom stereocenters. The summed E-state index contributed by atoms with van der Waals surface area (Å²) in [7, 11) is 0. The topological polar surface area (TPSA) is 110 Å². The molecular weight excluding hydrogens is 364 g/mol. The second-order valence-electron chi connectivity index (χ2n) is 6.67. The van der Waals surface area contributed by atoms with E-state index in [2.05, 4.69) is 10.1 Å². The van der Waals surface area contributed by atoms with Crippen LogP contribution in [0, 0.1) is 0 Å². The van der Waals surface area contributed by atoms with Gasteiger partial charge < -0.3 is 13.8 Å². The van der Waals surface area contributed by atoms with E-state index in [1.54, 1.807) is 41.3 Å². The minimum Gasteiger partial charge on any atom is -0.461 e. The van der Waals surface area contributed by atoms with Gasteiger partial charge in [-0.05, 0) is 24.3 Å². The molecule has 0 unspecified atom stereocenters. The zero-order chi connectivity index (χ0) is 19.3. The van der Waals surface area contributed by atoms with Gasteiger partial charge in [0, 0.05) is 13.1 Å². The number of hydrogen-bond acceptors (Lipinski definition) is 7. The summed E-state index contributed by atoms with van der Waals surface area (Å²) in [5.41, 5.74) is 0.663. The number of aromatic nitrogens is 2. The minimum absolute atomic E-state index is 0.0812. The molecule has 140 valence electrons. The van der Waals surface area contributed by atoms with Gasteiger partial charge in [-0.25, -0.2) is 0 Å². The maximum atomic E-state index is 12.5. The Hall–Kier alpha value is -3.75. The lowest BCUT2D eigenvalue weighted by Crippen LogP contribution is -2.52. The van der Waals surface area contributed by atoms with Crippen molar-refractivity contribution >= 4 is 17.7 Å². The highest BCUT2D eigenvalue weighted by Gasteiger charge is 2.40. The molecule has 1 saturated heterocycles. The van der Waals surface area contributed by atoms with Crippen LogP contribution in [0.2, 0.25) is 0 Å². The maximum Gasteiger partial charge on any atom is 0.262 e. The highest BCUT2D eigenvalue weighted by atomic mass is 16.5. The molecule has 4 heterocycles. The molecule has 5 rings (SSSR count). The smallest absolute Gasteiger partial charge is 0.262 e. The average Bonchev–Trinajstić information content (AvgIpc) is 3.39. The van der Waals surface area contributed by atoms with Crippen molar-refractivity contribution in [1.82, 2.24) is 19.9 Å². The van der Waals surface area contributed by atoms with Crippen LogP contribution in [0.4, 0.5) is 0 Å². The number of furan rings is 1. The zero-order valence-electron chi connectivity index (χ0n) is 14.6. The number of benzene rings is 1. The summed E-state index contributed by atoms with van der Waals surface area (Å²) in [5, 5.41) is 3.88. The normalized spacial score (nSPS) is 16.4. The summed E-state index contributed by atoms with van der Waals surface area (Å²) < 4.78 is 10.5. The molecule has 0 spiro atoms. The van der Waals surface area contributed by atoms with E-state index >= 15 is 0 Å². The molecule has 2 aliphatic rings. The van der Waals surface area contributed by atoms with E-state index in [0.29, 0.717) is 41.7 Å². The van der Waals surface area contributed by atoms with Gasteiger partial charge in [0.1, 0.15) is 6.54 Å². The van der Waals surface area contributed by atoms with Gasteiger partial charge in [-0.1, -0.05) is 17.3 Å². The van der Waals surface area contributed by atoms with Crippen LogP contribution in [0.5, 0.6) is 0 Å². The average molecular weight is 378 g/mol. The summed E-state index contributed by atoms with van der Waals surface area (Å²) in [5.74, 6) is 0.0377. The summed E-state index contributed by atoms with van der Waals surface area (Å²) in [4.78, 5) is 44.1. The number of nitrogens with zero attached hydrogens (tertiary/aromatic N) is 4. The Kier molecular flexibility index (Phi) is 3.61. The highest BCUT2D eigenvalue weighted by molar-refractivity contribution is 6.22. The van der Waals surface area contributed by atoms with Crippen LogP contribution >= 0.6 is 0 Å². The second kappa shape index (κ2) is 6.15. The lowest BCUT2D eigenvalue weighted by molar-refractivity contribution is -0.136. The van der Waals surface area contributed by atoms with Crippen LogP contribution in [-0.2, 0) is 4.79 Å². The molecular formula is C19H14N4O5. The first-order chi connectivity index (χ1) is 13.6. The number of carbonyl (C=O) groups is 3. The van der Waals surface area contributed by atoms with E-state index in [0.717, 1.165) is 4.90 Å². The van der Waals surface area contributed by atoms with Gasteiger partial charge in [-0.3, -0.25) is 19.3 Å². The fourth-order valence-electron chi connectivity index (χ4n) is 3.36. The fourth-order valence-corrected chi connectivity index (χ4v) is 3.36. The number of likely N-dealkylation sites (tertiary alicyclic amines) is 1. The van der Waals surface area contributed by atoms with E-state index in [4.69, 9.17) is 8.94 Å². The minimum atomic E-state index is -0.439. The van der Waals surface area contributed by atoms with Crippen molar-refractivity contribution in [3.63, 3.8) is 0 Å². The lowest BCUT2D eigenvalue weighted by Gasteiger charge is -2.37. The van der Waals surface area contributed by atoms with Gasteiger partial charge in [0.05, 0.1) is 23.3 Å². The van der Waals surface area contributed by atoms with Crippen LogP contribution in [0.1, 0.15) is 32.5 Å². The van der Waals surface area contributed by atoms with Gasteiger partial charge in [0.2, 0.25) is 17.6 Å². The number of amides is 3. The molecule has 0 bridgehead atoms. The Morgan fingerprint density at radius 3 is 2.43 bits per heavy atom. The third-order valence-electron chi connectivity index (χ3n) is 4.94. The molecule has 28 heavy (non-hydrogen) atoms. The van der Waals surface area contributed by atoms with Crippen LogP contribution < -0.4 is 0 Å².